The van der Waals surface area contributed by atoms with Gasteiger partial charge in [0.1, 0.15) is 6.61 Å². The molecule has 0 aliphatic heterocycles. The van der Waals surface area contributed by atoms with Crippen molar-refractivity contribution in [1.82, 2.24) is 9.88 Å². The zero-order chi connectivity index (χ0) is 20.6. The maximum absolute atomic E-state index is 12.2. The Hall–Kier alpha value is -3.12. The summed E-state index contributed by atoms with van der Waals surface area (Å²) in [7, 11) is 1.69. The zero-order valence-corrected chi connectivity index (χ0v) is 16.9. The Morgan fingerprint density at radius 1 is 1.14 bits per heavy atom. The average molecular weight is 412 g/mol. The third-order valence-corrected chi connectivity index (χ3v) is 4.87. The largest absolute Gasteiger partial charge is 0.447 e. The molecule has 0 atom stereocenters. The van der Waals surface area contributed by atoms with E-state index in [1.165, 1.54) is 0 Å². The van der Waals surface area contributed by atoms with Gasteiger partial charge in [-0.3, -0.25) is 15.1 Å². The van der Waals surface area contributed by atoms with Crippen LogP contribution in [0.2, 0.25) is 5.02 Å². The summed E-state index contributed by atoms with van der Waals surface area (Å²) in [6.07, 6.45) is 2.07. The van der Waals surface area contributed by atoms with Crippen molar-refractivity contribution in [2.45, 2.75) is 12.8 Å². The second kappa shape index (κ2) is 9.89. The lowest BCUT2D eigenvalue weighted by Crippen LogP contribution is -2.31. The Bertz CT molecular complexity index is 1010. The normalized spacial score (nSPS) is 10.6. The summed E-state index contributed by atoms with van der Waals surface area (Å²) >= 11 is 6.11. The molecule has 1 N–H and O–H groups in total. The summed E-state index contributed by atoms with van der Waals surface area (Å²) in [6, 6.07) is 16.6. The van der Waals surface area contributed by atoms with Gasteiger partial charge < -0.3 is 9.64 Å². The molecule has 29 heavy (non-hydrogen) atoms. The molecule has 0 spiro atoms. The number of carbonyl (C=O) groups is 2. The van der Waals surface area contributed by atoms with E-state index in [4.69, 9.17) is 16.3 Å². The van der Waals surface area contributed by atoms with Gasteiger partial charge in [0.2, 0.25) is 5.91 Å². The molecule has 3 aromatic rings. The molecule has 0 unspecified atom stereocenters. The van der Waals surface area contributed by atoms with Crippen molar-refractivity contribution in [3.63, 3.8) is 0 Å². The first-order chi connectivity index (χ1) is 14.0. The van der Waals surface area contributed by atoms with Crippen LogP contribution in [0.1, 0.15) is 12.0 Å². The van der Waals surface area contributed by atoms with E-state index >= 15 is 0 Å². The van der Waals surface area contributed by atoms with Gasteiger partial charge in [0.05, 0.1) is 12.1 Å². The summed E-state index contributed by atoms with van der Waals surface area (Å²) < 4.78 is 5.18. The number of aromatic nitrogens is 1. The summed E-state index contributed by atoms with van der Waals surface area (Å²) in [5, 5.41) is 4.27. The Kier molecular flexibility index (Phi) is 7.03. The van der Waals surface area contributed by atoms with Gasteiger partial charge in [0.15, 0.2) is 0 Å². The topological polar surface area (TPSA) is 71.5 Å². The summed E-state index contributed by atoms with van der Waals surface area (Å²) in [5.74, 6) is -0.0315. The molecule has 0 saturated carbocycles. The van der Waals surface area contributed by atoms with Crippen molar-refractivity contribution in [3.8, 4) is 0 Å². The van der Waals surface area contributed by atoms with Crippen LogP contribution in [-0.2, 0) is 16.0 Å². The Labute approximate surface area is 174 Å². The predicted octanol–water partition coefficient (Wildman–Crippen LogP) is 4.53. The SMILES string of the molecule is CN(CCOC(=O)Nc1ccc2ncccc2c1)C(=O)CCc1ccccc1Cl. The number of nitrogens with one attached hydrogen (secondary N) is 1. The fourth-order valence-corrected chi connectivity index (χ4v) is 3.07. The highest BCUT2D eigenvalue weighted by Gasteiger charge is 2.11. The van der Waals surface area contributed by atoms with Gasteiger partial charge >= 0.3 is 6.09 Å². The molecule has 2 amide bonds. The lowest BCUT2D eigenvalue weighted by atomic mass is 10.1. The molecule has 150 valence electrons. The summed E-state index contributed by atoms with van der Waals surface area (Å²) in [6.45, 7) is 0.422. The van der Waals surface area contributed by atoms with Crippen LogP contribution < -0.4 is 5.32 Å². The predicted molar refractivity (Wildman–Crippen MR) is 114 cm³/mol. The van der Waals surface area contributed by atoms with Crippen LogP contribution in [0, 0.1) is 0 Å². The smallest absolute Gasteiger partial charge is 0.411 e. The number of anilines is 1. The third kappa shape index (κ3) is 5.93. The standard InChI is InChI=1S/C22H22ClN3O3/c1-26(21(27)11-8-16-5-2-3-7-19(16)23)13-14-29-22(28)25-18-9-10-20-17(15-18)6-4-12-24-20/h2-7,9-10,12,15H,8,11,13-14H2,1H3,(H,25,28). The van der Waals surface area contributed by atoms with Crippen molar-refractivity contribution in [2.24, 2.45) is 0 Å². The Balaban J connectivity index is 1.40. The number of fused-ring (bicyclic) bond motifs is 1. The number of halogens is 1. The van der Waals surface area contributed by atoms with Gasteiger partial charge in [-0.15, -0.1) is 0 Å². The highest BCUT2D eigenvalue weighted by atomic mass is 35.5. The molecular formula is C22H22ClN3O3. The molecule has 3 rings (SSSR count). The van der Waals surface area contributed by atoms with Crippen LogP contribution in [-0.4, -0.2) is 42.1 Å². The minimum atomic E-state index is -0.565. The highest BCUT2D eigenvalue weighted by molar-refractivity contribution is 6.31. The Morgan fingerprint density at radius 2 is 1.97 bits per heavy atom. The lowest BCUT2D eigenvalue weighted by Gasteiger charge is -2.17. The number of hydrogen-bond donors (Lipinski definition) is 1. The van der Waals surface area contributed by atoms with Crippen molar-refractivity contribution in [1.29, 1.82) is 0 Å². The monoisotopic (exact) mass is 411 g/mol. The van der Waals surface area contributed by atoms with E-state index in [9.17, 15) is 9.59 Å². The first-order valence-electron chi connectivity index (χ1n) is 9.29. The van der Waals surface area contributed by atoms with E-state index in [1.807, 2.05) is 48.5 Å². The fourth-order valence-electron chi connectivity index (χ4n) is 2.84. The molecule has 0 bridgehead atoms. The molecule has 0 radical (unpaired) electrons. The lowest BCUT2D eigenvalue weighted by molar-refractivity contribution is -0.130. The average Bonchev–Trinajstić information content (AvgIpc) is 2.72. The minimum absolute atomic E-state index is 0.0315. The van der Waals surface area contributed by atoms with Gasteiger partial charge in [-0.05, 0) is 42.3 Å². The van der Waals surface area contributed by atoms with E-state index < -0.39 is 6.09 Å². The molecule has 0 aliphatic rings. The van der Waals surface area contributed by atoms with E-state index in [0.717, 1.165) is 16.5 Å². The molecule has 7 heteroatoms. The van der Waals surface area contributed by atoms with Gasteiger partial charge in [0.25, 0.3) is 0 Å². The molecule has 0 aliphatic carbocycles. The van der Waals surface area contributed by atoms with Crippen molar-refractivity contribution in [2.75, 3.05) is 25.5 Å². The Morgan fingerprint density at radius 3 is 2.79 bits per heavy atom. The number of hydrogen-bond acceptors (Lipinski definition) is 4. The molecule has 0 saturated heterocycles. The van der Waals surface area contributed by atoms with E-state index in [2.05, 4.69) is 10.3 Å². The summed E-state index contributed by atoms with van der Waals surface area (Å²) in [4.78, 5) is 30.0. The number of nitrogens with zero attached hydrogens (tertiary/aromatic N) is 2. The number of ether oxygens (including phenoxy) is 1. The third-order valence-electron chi connectivity index (χ3n) is 4.50. The highest BCUT2D eigenvalue weighted by Crippen LogP contribution is 2.18. The number of aryl methyl sites for hydroxylation is 1. The number of likely N-dealkylation sites (N-methyl/N-ethyl adjacent to an activating group) is 1. The minimum Gasteiger partial charge on any atom is -0.447 e. The van der Waals surface area contributed by atoms with E-state index in [1.54, 1.807) is 24.2 Å². The zero-order valence-electron chi connectivity index (χ0n) is 16.1. The number of benzene rings is 2. The van der Waals surface area contributed by atoms with Gasteiger partial charge in [-0.25, -0.2) is 4.79 Å². The fraction of sp³-hybridized carbons (Fsp3) is 0.227. The van der Waals surface area contributed by atoms with Crippen molar-refractivity contribution >= 4 is 40.2 Å². The van der Waals surface area contributed by atoms with Crippen LogP contribution in [0.4, 0.5) is 10.5 Å². The van der Waals surface area contributed by atoms with Crippen LogP contribution in [0.25, 0.3) is 10.9 Å². The second-order valence-corrected chi connectivity index (χ2v) is 6.99. The van der Waals surface area contributed by atoms with Crippen LogP contribution >= 0.6 is 11.6 Å². The second-order valence-electron chi connectivity index (χ2n) is 6.58. The van der Waals surface area contributed by atoms with Gasteiger partial charge in [-0.1, -0.05) is 35.9 Å². The molecular weight excluding hydrogens is 390 g/mol. The maximum Gasteiger partial charge on any atom is 0.411 e. The molecule has 1 heterocycles. The molecule has 2 aromatic carbocycles. The van der Waals surface area contributed by atoms with Crippen molar-refractivity contribution in [3.05, 3.63) is 71.4 Å². The van der Waals surface area contributed by atoms with E-state index in [-0.39, 0.29) is 12.5 Å². The van der Waals surface area contributed by atoms with Crippen LogP contribution in [0.3, 0.4) is 0 Å². The molecule has 6 nitrogen and oxygen atoms in total. The van der Waals surface area contributed by atoms with Gasteiger partial charge in [-0.2, -0.15) is 0 Å². The van der Waals surface area contributed by atoms with Gasteiger partial charge in [0, 0.05) is 35.8 Å². The summed E-state index contributed by atoms with van der Waals surface area (Å²) in [5.41, 5.74) is 2.42. The quantitative estimate of drug-likeness (QED) is 0.620. The van der Waals surface area contributed by atoms with Crippen LogP contribution in [0.15, 0.2) is 60.8 Å². The molecule has 1 aromatic heterocycles. The first kappa shape index (κ1) is 20.6. The van der Waals surface area contributed by atoms with Crippen LogP contribution in [0.5, 0.6) is 0 Å². The number of carbonyl (C=O) groups excluding carboxylic acids is 2. The first-order valence-corrected chi connectivity index (χ1v) is 9.66. The molecule has 0 fully saturated rings. The number of amides is 2. The number of rotatable bonds is 7. The van der Waals surface area contributed by atoms with Crippen molar-refractivity contribution < 1.29 is 14.3 Å². The van der Waals surface area contributed by atoms with E-state index in [0.29, 0.717) is 30.1 Å². The number of pyridine rings is 1. The maximum atomic E-state index is 12.2.